The van der Waals surface area contributed by atoms with Gasteiger partial charge in [-0.2, -0.15) is 0 Å². The van der Waals surface area contributed by atoms with Crippen molar-refractivity contribution in [3.05, 3.63) is 52.0 Å². The topological polar surface area (TPSA) is 61.6 Å². The summed E-state index contributed by atoms with van der Waals surface area (Å²) < 4.78 is 0. The van der Waals surface area contributed by atoms with Crippen molar-refractivity contribution in [1.29, 1.82) is 0 Å². The van der Waals surface area contributed by atoms with Gasteiger partial charge in [0.05, 0.1) is 10.6 Å². The molecule has 1 aromatic rings. The first kappa shape index (κ1) is 17.3. The van der Waals surface area contributed by atoms with Crippen LogP contribution in [0, 0.1) is 10.1 Å². The van der Waals surface area contributed by atoms with Gasteiger partial charge in [0.25, 0.3) is 6.20 Å². The Balaban J connectivity index is 1.71. The molecule has 2 bridgehead atoms. The van der Waals surface area contributed by atoms with Crippen LogP contribution in [0.15, 0.2) is 36.3 Å². The van der Waals surface area contributed by atoms with Crippen molar-refractivity contribution < 1.29 is 4.92 Å². The highest BCUT2D eigenvalue weighted by Crippen LogP contribution is 2.45. The first-order valence-electron chi connectivity index (χ1n) is 9.56. The second-order valence-corrected chi connectivity index (χ2v) is 8.64. The molecule has 3 aliphatic rings. The molecule has 0 radical (unpaired) electrons. The number of anilines is 1. The molecule has 1 N–H and O–H groups in total. The van der Waals surface area contributed by atoms with Crippen LogP contribution in [0.2, 0.25) is 0 Å². The molecule has 2 atom stereocenters. The number of benzene rings is 1. The number of hydrogen-bond acceptors (Lipinski definition) is 5. The summed E-state index contributed by atoms with van der Waals surface area (Å²) in [7, 11) is 2.16. The summed E-state index contributed by atoms with van der Waals surface area (Å²) in [4.78, 5) is 15.6. The maximum atomic E-state index is 11.4. The summed E-state index contributed by atoms with van der Waals surface area (Å²) in [5.41, 5.74) is 2.12. The summed E-state index contributed by atoms with van der Waals surface area (Å²) in [6.45, 7) is 5.14. The molecular formula is C20H28N4O2. The van der Waals surface area contributed by atoms with Crippen LogP contribution in [0.4, 0.5) is 5.69 Å². The van der Waals surface area contributed by atoms with Crippen LogP contribution in [-0.2, 0) is 5.41 Å². The van der Waals surface area contributed by atoms with Crippen molar-refractivity contribution in [2.75, 3.05) is 18.5 Å². The Morgan fingerprint density at radius 2 is 2.08 bits per heavy atom. The fourth-order valence-corrected chi connectivity index (χ4v) is 5.18. The normalized spacial score (nSPS) is 30.3. The van der Waals surface area contributed by atoms with Gasteiger partial charge >= 0.3 is 0 Å². The monoisotopic (exact) mass is 356 g/mol. The summed E-state index contributed by atoms with van der Waals surface area (Å²) in [6.07, 6.45) is 6.81. The molecule has 4 rings (SSSR count). The highest BCUT2D eigenvalue weighted by atomic mass is 16.6. The smallest absolute Gasteiger partial charge is 0.274 e. The van der Waals surface area contributed by atoms with Gasteiger partial charge in [-0.05, 0) is 50.8 Å². The number of piperidine rings is 1. The van der Waals surface area contributed by atoms with Crippen molar-refractivity contribution in [3.63, 3.8) is 0 Å². The Kier molecular flexibility index (Phi) is 3.99. The lowest BCUT2D eigenvalue weighted by Crippen LogP contribution is -2.59. The summed E-state index contributed by atoms with van der Waals surface area (Å²) in [6, 6.07) is 8.85. The quantitative estimate of drug-likeness (QED) is 0.662. The van der Waals surface area contributed by atoms with E-state index in [-0.39, 0.29) is 16.0 Å². The number of nitro groups is 1. The van der Waals surface area contributed by atoms with Crippen LogP contribution in [0.25, 0.3) is 0 Å². The Morgan fingerprint density at radius 3 is 2.85 bits per heavy atom. The van der Waals surface area contributed by atoms with Crippen molar-refractivity contribution in [1.82, 2.24) is 10.2 Å². The Bertz CT molecular complexity index is 756. The van der Waals surface area contributed by atoms with Gasteiger partial charge in [0, 0.05) is 23.7 Å². The van der Waals surface area contributed by atoms with Crippen LogP contribution >= 0.6 is 0 Å². The van der Waals surface area contributed by atoms with E-state index in [4.69, 9.17) is 0 Å². The van der Waals surface area contributed by atoms with Gasteiger partial charge in [-0.3, -0.25) is 15.0 Å². The van der Waals surface area contributed by atoms with Gasteiger partial charge < -0.3 is 10.2 Å². The molecule has 1 aromatic carbocycles. The predicted molar refractivity (Wildman–Crippen MR) is 102 cm³/mol. The Morgan fingerprint density at radius 1 is 1.31 bits per heavy atom. The average Bonchev–Trinajstić information content (AvgIpc) is 2.93. The lowest BCUT2D eigenvalue weighted by Gasteiger charge is -2.45. The van der Waals surface area contributed by atoms with Crippen molar-refractivity contribution in [2.45, 2.75) is 63.1 Å². The fourth-order valence-electron chi connectivity index (χ4n) is 5.18. The second kappa shape index (κ2) is 5.98. The molecule has 3 heterocycles. The maximum absolute atomic E-state index is 11.4. The summed E-state index contributed by atoms with van der Waals surface area (Å²) in [5.74, 6) is 0.613. The maximum Gasteiger partial charge on any atom is 0.274 e. The van der Waals surface area contributed by atoms with E-state index in [1.165, 1.54) is 18.4 Å². The average molecular weight is 356 g/mol. The Labute approximate surface area is 155 Å². The molecule has 6 nitrogen and oxygen atoms in total. The van der Waals surface area contributed by atoms with Crippen molar-refractivity contribution >= 4 is 5.69 Å². The van der Waals surface area contributed by atoms with Gasteiger partial charge in [-0.1, -0.05) is 32.0 Å². The summed E-state index contributed by atoms with van der Waals surface area (Å²) in [5, 5.41) is 15.0. The minimum absolute atomic E-state index is 0.0394. The number of para-hydroxylation sites is 1. The van der Waals surface area contributed by atoms with Crippen LogP contribution < -0.4 is 10.2 Å². The van der Waals surface area contributed by atoms with Crippen LogP contribution in [0.1, 0.15) is 51.5 Å². The van der Waals surface area contributed by atoms with E-state index in [0.717, 1.165) is 37.7 Å². The highest BCUT2D eigenvalue weighted by molar-refractivity contribution is 5.65. The molecule has 6 heteroatoms. The molecule has 2 fully saturated rings. The van der Waals surface area contributed by atoms with Crippen LogP contribution in [0.5, 0.6) is 0 Å². The molecule has 2 unspecified atom stereocenters. The molecule has 0 spiro atoms. The van der Waals surface area contributed by atoms with Gasteiger partial charge in [0.2, 0.25) is 0 Å². The molecule has 2 saturated heterocycles. The number of nitrogens with zero attached hydrogens (tertiary/aromatic N) is 3. The van der Waals surface area contributed by atoms with Crippen LogP contribution in [0.3, 0.4) is 0 Å². The van der Waals surface area contributed by atoms with Gasteiger partial charge in [-0.15, -0.1) is 0 Å². The van der Waals surface area contributed by atoms with E-state index in [1.54, 1.807) is 0 Å². The lowest BCUT2D eigenvalue weighted by molar-refractivity contribution is -0.404. The predicted octanol–water partition coefficient (Wildman–Crippen LogP) is 3.42. The molecule has 140 valence electrons. The number of rotatable bonds is 4. The van der Waals surface area contributed by atoms with Gasteiger partial charge in [0.15, 0.2) is 5.82 Å². The van der Waals surface area contributed by atoms with E-state index in [9.17, 15) is 10.1 Å². The molecule has 0 aliphatic carbocycles. The molecular weight excluding hydrogens is 328 g/mol. The third-order valence-electron chi connectivity index (χ3n) is 6.60. The van der Waals surface area contributed by atoms with E-state index in [1.807, 2.05) is 12.1 Å². The molecule has 0 amide bonds. The molecule has 26 heavy (non-hydrogen) atoms. The third kappa shape index (κ3) is 2.67. The van der Waals surface area contributed by atoms with Crippen molar-refractivity contribution in [3.8, 4) is 0 Å². The first-order chi connectivity index (χ1) is 12.3. The largest absolute Gasteiger partial charge is 0.348 e. The minimum atomic E-state index is -0.331. The van der Waals surface area contributed by atoms with E-state index in [0.29, 0.717) is 11.9 Å². The second-order valence-electron chi connectivity index (χ2n) is 8.64. The van der Waals surface area contributed by atoms with E-state index < -0.39 is 0 Å². The van der Waals surface area contributed by atoms with E-state index >= 15 is 0 Å². The SMILES string of the molecule is CN1C2CCCC1(N/C(=C\[N+](=O)[O-])N1CC(C)(C)c3ccccc31)CC2. The van der Waals surface area contributed by atoms with Crippen LogP contribution in [-0.4, -0.2) is 35.1 Å². The van der Waals surface area contributed by atoms with E-state index in [2.05, 4.69) is 48.1 Å². The van der Waals surface area contributed by atoms with Gasteiger partial charge in [0.1, 0.15) is 0 Å². The number of nitrogens with one attached hydrogen (secondary N) is 1. The minimum Gasteiger partial charge on any atom is -0.348 e. The molecule has 0 aromatic heterocycles. The van der Waals surface area contributed by atoms with Crippen molar-refractivity contribution in [2.24, 2.45) is 0 Å². The number of fused-ring (bicyclic) bond motifs is 3. The van der Waals surface area contributed by atoms with Gasteiger partial charge in [-0.25, -0.2) is 0 Å². The Hall–Kier alpha value is -2.08. The standard InChI is InChI=1S/C20H28N4O2/c1-19(2)14-23(17-9-5-4-8-16(17)19)18(13-24(25)26)21-20-11-6-7-15(10-12-20)22(20)3/h4-5,8-9,13,15,21H,6-7,10-12,14H2,1-3H3/b18-13+. The molecule has 0 saturated carbocycles. The zero-order valence-corrected chi connectivity index (χ0v) is 15.9. The zero-order valence-electron chi connectivity index (χ0n) is 15.9. The molecule has 3 aliphatic heterocycles. The number of hydrogen-bond donors (Lipinski definition) is 1. The third-order valence-corrected chi connectivity index (χ3v) is 6.60. The first-order valence-corrected chi connectivity index (χ1v) is 9.56. The summed E-state index contributed by atoms with van der Waals surface area (Å²) >= 11 is 0. The lowest BCUT2D eigenvalue weighted by atomic mass is 9.87. The zero-order chi connectivity index (χ0) is 18.5. The fraction of sp³-hybridized carbons (Fsp3) is 0.600. The highest BCUT2D eigenvalue weighted by Gasteiger charge is 2.48.